The Kier molecular flexibility index (Phi) is 5.42. The van der Waals surface area contributed by atoms with E-state index in [1.807, 2.05) is 6.07 Å². The summed E-state index contributed by atoms with van der Waals surface area (Å²) in [6.45, 7) is 8.71. The molecule has 17 heavy (non-hydrogen) atoms. The second-order valence-electron chi connectivity index (χ2n) is 4.57. The van der Waals surface area contributed by atoms with Crippen LogP contribution in [0.15, 0.2) is 18.2 Å². The zero-order valence-corrected chi connectivity index (χ0v) is 11.0. The Bertz CT molecular complexity index is 352. The zero-order valence-electron chi connectivity index (χ0n) is 11.0. The first kappa shape index (κ1) is 14.0. The van der Waals surface area contributed by atoms with E-state index in [1.165, 1.54) is 6.07 Å². The highest BCUT2D eigenvalue weighted by Crippen LogP contribution is 2.20. The van der Waals surface area contributed by atoms with Crippen molar-refractivity contribution in [3.05, 3.63) is 29.6 Å². The number of anilines is 1. The minimum absolute atomic E-state index is 0.203. The summed E-state index contributed by atoms with van der Waals surface area (Å²) in [6, 6.07) is 5.07. The van der Waals surface area contributed by atoms with Crippen LogP contribution in [0.4, 0.5) is 10.1 Å². The largest absolute Gasteiger partial charge is 0.371 e. The molecule has 0 spiro atoms. The fourth-order valence-electron chi connectivity index (χ4n) is 1.86. The predicted molar refractivity (Wildman–Crippen MR) is 71.6 cm³/mol. The average molecular weight is 238 g/mol. The maximum absolute atomic E-state index is 13.4. The van der Waals surface area contributed by atoms with Crippen LogP contribution in [0.25, 0.3) is 0 Å². The molecule has 0 saturated carbocycles. The molecule has 1 aromatic rings. The molecule has 0 aromatic heterocycles. The maximum atomic E-state index is 13.4. The molecule has 0 fully saturated rings. The molecule has 0 bridgehead atoms. The van der Waals surface area contributed by atoms with Gasteiger partial charge in [0, 0.05) is 25.3 Å². The van der Waals surface area contributed by atoms with Crippen LogP contribution < -0.4 is 10.6 Å². The highest BCUT2D eigenvalue weighted by atomic mass is 19.1. The molecule has 0 saturated heterocycles. The minimum atomic E-state index is -0.203. The van der Waals surface area contributed by atoms with Gasteiger partial charge in [0.15, 0.2) is 0 Å². The van der Waals surface area contributed by atoms with Crippen molar-refractivity contribution in [2.75, 3.05) is 18.0 Å². The van der Waals surface area contributed by atoms with Gasteiger partial charge in [0.1, 0.15) is 5.82 Å². The predicted octanol–water partition coefficient (Wildman–Crippen LogP) is 3.16. The molecule has 0 aliphatic heterocycles. The molecule has 1 unspecified atom stereocenters. The molecular weight excluding hydrogens is 215 g/mol. The Hall–Kier alpha value is -1.09. The van der Waals surface area contributed by atoms with E-state index in [2.05, 4.69) is 25.7 Å². The lowest BCUT2D eigenvalue weighted by Gasteiger charge is -2.26. The molecule has 2 nitrogen and oxygen atoms in total. The maximum Gasteiger partial charge on any atom is 0.125 e. The molecule has 0 heterocycles. The number of nitrogens with zero attached hydrogens (tertiary/aromatic N) is 1. The Morgan fingerprint density at radius 1 is 1.29 bits per heavy atom. The van der Waals surface area contributed by atoms with Gasteiger partial charge in [-0.3, -0.25) is 0 Å². The number of halogens is 1. The third kappa shape index (κ3) is 4.00. The number of hydrogen-bond acceptors (Lipinski definition) is 2. The molecule has 1 aromatic carbocycles. The van der Waals surface area contributed by atoms with Crippen LogP contribution in [0, 0.1) is 11.7 Å². The van der Waals surface area contributed by atoms with Gasteiger partial charge in [-0.15, -0.1) is 0 Å². The summed E-state index contributed by atoms with van der Waals surface area (Å²) in [4.78, 5) is 2.20. The lowest BCUT2D eigenvalue weighted by atomic mass is 10.1. The molecule has 1 atom stereocenters. The third-order valence-electron chi connectivity index (χ3n) is 3.15. The van der Waals surface area contributed by atoms with Crippen LogP contribution in [0.1, 0.15) is 32.8 Å². The first-order valence-electron chi connectivity index (χ1n) is 6.35. The summed E-state index contributed by atoms with van der Waals surface area (Å²) < 4.78 is 13.4. The van der Waals surface area contributed by atoms with Gasteiger partial charge in [0.2, 0.25) is 0 Å². The normalized spacial score (nSPS) is 12.5. The SMILES string of the molecule is CCC(C)CN(CC)c1cc(F)cc(CN)c1. The van der Waals surface area contributed by atoms with Crippen LogP contribution in [-0.4, -0.2) is 13.1 Å². The van der Waals surface area contributed by atoms with Crippen molar-refractivity contribution in [2.45, 2.75) is 33.7 Å². The molecule has 0 aliphatic rings. The topological polar surface area (TPSA) is 29.3 Å². The summed E-state index contributed by atoms with van der Waals surface area (Å²) >= 11 is 0. The van der Waals surface area contributed by atoms with Crippen LogP contribution in [0.5, 0.6) is 0 Å². The van der Waals surface area contributed by atoms with Gasteiger partial charge >= 0.3 is 0 Å². The quantitative estimate of drug-likeness (QED) is 0.825. The van der Waals surface area contributed by atoms with Gasteiger partial charge in [0.25, 0.3) is 0 Å². The van der Waals surface area contributed by atoms with E-state index in [1.54, 1.807) is 6.07 Å². The summed E-state index contributed by atoms with van der Waals surface area (Å²) in [5, 5.41) is 0. The van der Waals surface area contributed by atoms with Crippen molar-refractivity contribution in [1.82, 2.24) is 0 Å². The van der Waals surface area contributed by atoms with Gasteiger partial charge in [0.05, 0.1) is 0 Å². The summed E-state index contributed by atoms with van der Waals surface area (Å²) in [6.07, 6.45) is 1.13. The van der Waals surface area contributed by atoms with Crippen molar-refractivity contribution in [3.63, 3.8) is 0 Å². The fraction of sp³-hybridized carbons (Fsp3) is 0.571. The number of hydrogen-bond donors (Lipinski definition) is 1. The monoisotopic (exact) mass is 238 g/mol. The molecule has 3 heteroatoms. The summed E-state index contributed by atoms with van der Waals surface area (Å²) in [7, 11) is 0. The van der Waals surface area contributed by atoms with Crippen molar-refractivity contribution in [2.24, 2.45) is 11.7 Å². The smallest absolute Gasteiger partial charge is 0.125 e. The lowest BCUT2D eigenvalue weighted by Crippen LogP contribution is -2.28. The lowest BCUT2D eigenvalue weighted by molar-refractivity contribution is 0.546. The molecule has 0 aliphatic carbocycles. The van der Waals surface area contributed by atoms with E-state index >= 15 is 0 Å². The van der Waals surface area contributed by atoms with Crippen molar-refractivity contribution >= 4 is 5.69 Å². The fourth-order valence-corrected chi connectivity index (χ4v) is 1.86. The van der Waals surface area contributed by atoms with Crippen molar-refractivity contribution in [3.8, 4) is 0 Å². The highest BCUT2D eigenvalue weighted by molar-refractivity contribution is 5.49. The van der Waals surface area contributed by atoms with Gasteiger partial charge in [-0.25, -0.2) is 4.39 Å². The van der Waals surface area contributed by atoms with E-state index < -0.39 is 0 Å². The summed E-state index contributed by atoms with van der Waals surface area (Å²) in [5.74, 6) is 0.407. The zero-order chi connectivity index (χ0) is 12.8. The van der Waals surface area contributed by atoms with Crippen molar-refractivity contribution in [1.29, 1.82) is 0 Å². The highest BCUT2D eigenvalue weighted by Gasteiger charge is 2.10. The number of benzene rings is 1. The molecule has 0 radical (unpaired) electrons. The van der Waals surface area contributed by atoms with Gasteiger partial charge in [-0.05, 0) is 36.6 Å². The van der Waals surface area contributed by atoms with Gasteiger partial charge in [-0.2, -0.15) is 0 Å². The van der Waals surface area contributed by atoms with E-state index in [-0.39, 0.29) is 5.82 Å². The van der Waals surface area contributed by atoms with Crippen LogP contribution >= 0.6 is 0 Å². The van der Waals surface area contributed by atoms with Crippen LogP contribution in [-0.2, 0) is 6.54 Å². The standard InChI is InChI=1S/C14H23FN2/c1-4-11(3)10-17(5-2)14-7-12(9-16)6-13(15)8-14/h6-8,11H,4-5,9-10,16H2,1-3H3. The molecule has 0 amide bonds. The Morgan fingerprint density at radius 2 is 2.00 bits per heavy atom. The first-order valence-corrected chi connectivity index (χ1v) is 6.35. The second kappa shape index (κ2) is 6.60. The van der Waals surface area contributed by atoms with Gasteiger partial charge in [-0.1, -0.05) is 20.3 Å². The Balaban J connectivity index is 2.90. The molecule has 1 rings (SSSR count). The Morgan fingerprint density at radius 3 is 2.53 bits per heavy atom. The van der Waals surface area contributed by atoms with E-state index in [9.17, 15) is 4.39 Å². The number of nitrogens with two attached hydrogens (primary N) is 1. The first-order chi connectivity index (χ1) is 8.10. The van der Waals surface area contributed by atoms with E-state index in [4.69, 9.17) is 5.73 Å². The Labute approximate surface area is 104 Å². The van der Waals surface area contributed by atoms with Crippen molar-refractivity contribution < 1.29 is 4.39 Å². The van der Waals surface area contributed by atoms with Gasteiger partial charge < -0.3 is 10.6 Å². The number of rotatable bonds is 6. The summed E-state index contributed by atoms with van der Waals surface area (Å²) in [5.41, 5.74) is 7.36. The van der Waals surface area contributed by atoms with E-state index in [0.717, 1.165) is 30.8 Å². The van der Waals surface area contributed by atoms with E-state index in [0.29, 0.717) is 12.5 Å². The molecule has 2 N–H and O–H groups in total. The molecular formula is C14H23FN2. The van der Waals surface area contributed by atoms with Crippen LogP contribution in [0.3, 0.4) is 0 Å². The second-order valence-corrected chi connectivity index (χ2v) is 4.57. The minimum Gasteiger partial charge on any atom is -0.371 e. The average Bonchev–Trinajstić information content (AvgIpc) is 2.34. The third-order valence-corrected chi connectivity index (χ3v) is 3.15. The molecule has 96 valence electrons. The van der Waals surface area contributed by atoms with Crippen LogP contribution in [0.2, 0.25) is 0 Å².